The zero-order chi connectivity index (χ0) is 23.4. The number of fused-ring (bicyclic) bond motifs is 1. The first kappa shape index (κ1) is 22.0. The van der Waals surface area contributed by atoms with Crippen molar-refractivity contribution in [2.75, 3.05) is 11.1 Å². The number of para-hydroxylation sites is 1. The van der Waals surface area contributed by atoms with Crippen LogP contribution in [0.3, 0.4) is 0 Å². The van der Waals surface area contributed by atoms with E-state index < -0.39 is 4.92 Å². The summed E-state index contributed by atoms with van der Waals surface area (Å²) in [4.78, 5) is 39.8. The normalized spacial score (nSPS) is 10.7. The molecule has 0 aliphatic rings. The number of benzene rings is 3. The number of rotatable bonds is 7. The van der Waals surface area contributed by atoms with Crippen molar-refractivity contribution in [2.45, 2.75) is 5.16 Å². The van der Waals surface area contributed by atoms with Gasteiger partial charge in [0, 0.05) is 24.9 Å². The van der Waals surface area contributed by atoms with Crippen molar-refractivity contribution in [3.05, 3.63) is 93.3 Å². The Kier molecular flexibility index (Phi) is 6.36. The minimum absolute atomic E-state index is 0.00296. The van der Waals surface area contributed by atoms with Gasteiger partial charge in [-0.3, -0.25) is 24.3 Å². The van der Waals surface area contributed by atoms with Gasteiger partial charge in [-0.15, -0.1) is 0 Å². The highest BCUT2D eigenvalue weighted by atomic mass is 32.2. The topological polar surface area (TPSA) is 116 Å². The molecule has 4 rings (SSSR count). The van der Waals surface area contributed by atoms with E-state index in [9.17, 15) is 19.7 Å². The van der Waals surface area contributed by atoms with E-state index in [1.54, 1.807) is 31.3 Å². The average Bonchev–Trinajstić information content (AvgIpc) is 2.82. The third-order valence-electron chi connectivity index (χ3n) is 4.68. The molecule has 0 spiro atoms. The number of aromatic nitrogens is 2. The molecular weight excluding hydrogens is 444 g/mol. The van der Waals surface area contributed by atoms with Gasteiger partial charge in [-0.25, -0.2) is 4.98 Å². The fraction of sp³-hybridized carbons (Fsp3) is 0.0870. The SMILES string of the molecule is Cn1c(SCC(=O)Nc2ccc(Oc3ccccc3)cc2)nc2cc([N+](=O)[O-])ccc2c1=O. The first-order valence-electron chi connectivity index (χ1n) is 9.81. The largest absolute Gasteiger partial charge is 0.457 e. The Balaban J connectivity index is 1.41. The molecule has 4 aromatic rings. The predicted octanol–water partition coefficient (Wildman–Crippen LogP) is 4.36. The molecule has 33 heavy (non-hydrogen) atoms. The predicted molar refractivity (Wildman–Crippen MR) is 126 cm³/mol. The number of anilines is 1. The lowest BCUT2D eigenvalue weighted by Crippen LogP contribution is -2.21. The molecular formula is C23H18N4O5S. The van der Waals surface area contributed by atoms with Crippen LogP contribution in [0.5, 0.6) is 11.5 Å². The van der Waals surface area contributed by atoms with Gasteiger partial charge in [0.15, 0.2) is 5.16 Å². The molecule has 166 valence electrons. The molecule has 0 atom stereocenters. The Morgan fingerprint density at radius 3 is 2.48 bits per heavy atom. The minimum atomic E-state index is -0.547. The van der Waals surface area contributed by atoms with Crippen LogP contribution in [0.1, 0.15) is 0 Å². The van der Waals surface area contributed by atoms with Crippen molar-refractivity contribution in [3.8, 4) is 11.5 Å². The van der Waals surface area contributed by atoms with E-state index in [4.69, 9.17) is 4.74 Å². The van der Waals surface area contributed by atoms with Crippen molar-refractivity contribution < 1.29 is 14.5 Å². The van der Waals surface area contributed by atoms with E-state index >= 15 is 0 Å². The van der Waals surface area contributed by atoms with Gasteiger partial charge < -0.3 is 10.1 Å². The highest BCUT2D eigenvalue weighted by Crippen LogP contribution is 2.24. The van der Waals surface area contributed by atoms with Gasteiger partial charge >= 0.3 is 0 Å². The van der Waals surface area contributed by atoms with Crippen LogP contribution in [0.25, 0.3) is 10.9 Å². The highest BCUT2D eigenvalue weighted by molar-refractivity contribution is 7.99. The van der Waals surface area contributed by atoms with E-state index in [0.717, 1.165) is 11.8 Å². The van der Waals surface area contributed by atoms with Crippen molar-refractivity contribution >= 4 is 39.9 Å². The molecule has 1 N–H and O–H groups in total. The van der Waals surface area contributed by atoms with Gasteiger partial charge in [0.25, 0.3) is 11.2 Å². The number of carbonyl (C=O) groups is 1. The maximum atomic E-state index is 12.6. The number of carbonyl (C=O) groups excluding carboxylic acids is 1. The van der Waals surface area contributed by atoms with E-state index in [-0.39, 0.29) is 39.0 Å². The Morgan fingerprint density at radius 2 is 1.79 bits per heavy atom. The number of nitrogens with one attached hydrogen (secondary N) is 1. The molecule has 0 radical (unpaired) electrons. The maximum absolute atomic E-state index is 12.6. The third-order valence-corrected chi connectivity index (χ3v) is 5.71. The Labute approximate surface area is 192 Å². The van der Waals surface area contributed by atoms with Gasteiger partial charge in [0.05, 0.1) is 21.6 Å². The first-order chi connectivity index (χ1) is 15.9. The van der Waals surface area contributed by atoms with Crippen LogP contribution >= 0.6 is 11.8 Å². The van der Waals surface area contributed by atoms with Crippen LogP contribution in [-0.4, -0.2) is 26.1 Å². The lowest BCUT2D eigenvalue weighted by molar-refractivity contribution is -0.384. The van der Waals surface area contributed by atoms with Gasteiger partial charge in [-0.2, -0.15) is 0 Å². The fourth-order valence-corrected chi connectivity index (χ4v) is 3.81. The van der Waals surface area contributed by atoms with Crippen LogP contribution in [-0.2, 0) is 11.8 Å². The van der Waals surface area contributed by atoms with E-state index in [1.165, 1.54) is 22.8 Å². The first-order valence-corrected chi connectivity index (χ1v) is 10.8. The summed E-state index contributed by atoms with van der Waals surface area (Å²) in [5.41, 5.74) is 0.310. The Bertz CT molecular complexity index is 1390. The van der Waals surface area contributed by atoms with Gasteiger partial charge in [-0.05, 0) is 42.5 Å². The highest BCUT2D eigenvalue weighted by Gasteiger charge is 2.14. The molecule has 0 unspecified atom stereocenters. The second-order valence-electron chi connectivity index (χ2n) is 6.99. The number of nitro groups is 1. The zero-order valence-corrected chi connectivity index (χ0v) is 18.2. The standard InChI is InChI=1S/C23H18N4O5S/c1-26-22(29)19-12-9-16(27(30)31)13-20(19)25-23(26)33-14-21(28)24-15-7-10-18(11-8-15)32-17-5-3-2-4-6-17/h2-13H,14H2,1H3,(H,24,28). The number of non-ortho nitro benzene ring substituents is 1. The number of hydrogen-bond acceptors (Lipinski definition) is 7. The van der Waals surface area contributed by atoms with Gasteiger partial charge in [0.1, 0.15) is 11.5 Å². The molecule has 0 saturated heterocycles. The van der Waals surface area contributed by atoms with Crippen molar-refractivity contribution in [1.82, 2.24) is 9.55 Å². The van der Waals surface area contributed by atoms with Crippen LogP contribution in [0.2, 0.25) is 0 Å². The fourth-order valence-electron chi connectivity index (χ4n) is 3.04. The quantitative estimate of drug-likeness (QED) is 0.188. The van der Waals surface area contributed by atoms with Gasteiger partial charge in [0.2, 0.25) is 5.91 Å². The number of amides is 1. The Hall–Kier alpha value is -4.18. The summed E-state index contributed by atoms with van der Waals surface area (Å²) in [6.07, 6.45) is 0. The second-order valence-corrected chi connectivity index (χ2v) is 7.94. The number of nitrogens with zero attached hydrogens (tertiary/aromatic N) is 3. The maximum Gasteiger partial charge on any atom is 0.271 e. The van der Waals surface area contributed by atoms with E-state index in [0.29, 0.717) is 17.2 Å². The summed E-state index contributed by atoms with van der Waals surface area (Å²) in [5, 5.41) is 14.3. The molecule has 10 heteroatoms. The third kappa shape index (κ3) is 5.18. The molecule has 0 bridgehead atoms. The molecule has 3 aromatic carbocycles. The van der Waals surface area contributed by atoms with E-state index in [2.05, 4.69) is 10.3 Å². The smallest absolute Gasteiger partial charge is 0.271 e. The number of thioether (sulfide) groups is 1. The van der Waals surface area contributed by atoms with Crippen LogP contribution in [0, 0.1) is 10.1 Å². The molecule has 1 heterocycles. The summed E-state index contributed by atoms with van der Waals surface area (Å²) < 4.78 is 7.05. The molecule has 1 amide bonds. The van der Waals surface area contributed by atoms with Crippen LogP contribution in [0.4, 0.5) is 11.4 Å². The summed E-state index contributed by atoms with van der Waals surface area (Å²) in [5.74, 6) is 1.07. The summed E-state index contributed by atoms with van der Waals surface area (Å²) in [7, 11) is 1.54. The number of ether oxygens (including phenoxy) is 1. The summed E-state index contributed by atoms with van der Waals surface area (Å²) in [6.45, 7) is 0. The van der Waals surface area contributed by atoms with Crippen molar-refractivity contribution in [1.29, 1.82) is 0 Å². The second kappa shape index (κ2) is 9.53. The van der Waals surface area contributed by atoms with E-state index in [1.807, 2.05) is 30.3 Å². The molecule has 0 aliphatic carbocycles. The van der Waals surface area contributed by atoms with Crippen LogP contribution in [0.15, 0.2) is 82.7 Å². The Morgan fingerprint density at radius 1 is 1.09 bits per heavy atom. The molecule has 1 aromatic heterocycles. The molecule has 9 nitrogen and oxygen atoms in total. The van der Waals surface area contributed by atoms with Crippen LogP contribution < -0.4 is 15.6 Å². The van der Waals surface area contributed by atoms with Crippen molar-refractivity contribution in [3.63, 3.8) is 0 Å². The minimum Gasteiger partial charge on any atom is -0.457 e. The monoisotopic (exact) mass is 462 g/mol. The summed E-state index contributed by atoms with van der Waals surface area (Å²) in [6, 6.07) is 20.2. The zero-order valence-electron chi connectivity index (χ0n) is 17.4. The lowest BCUT2D eigenvalue weighted by Gasteiger charge is -2.10. The average molecular weight is 462 g/mol. The molecule has 0 saturated carbocycles. The lowest BCUT2D eigenvalue weighted by atomic mass is 10.2. The van der Waals surface area contributed by atoms with Gasteiger partial charge in [-0.1, -0.05) is 30.0 Å². The number of nitro benzene ring substituents is 1. The molecule has 0 fully saturated rings. The number of hydrogen-bond donors (Lipinski definition) is 1. The summed E-state index contributed by atoms with van der Waals surface area (Å²) >= 11 is 1.07. The molecule has 0 aliphatic heterocycles. The van der Waals surface area contributed by atoms with Crippen molar-refractivity contribution in [2.24, 2.45) is 7.05 Å².